The summed E-state index contributed by atoms with van der Waals surface area (Å²) in [6.07, 6.45) is 26.5. The van der Waals surface area contributed by atoms with E-state index < -0.39 is 0 Å². The Hall–Kier alpha value is -1.30. The molecule has 0 heterocycles. The first-order valence-electron chi connectivity index (χ1n) is 5.15. The van der Waals surface area contributed by atoms with Gasteiger partial charge in [0.05, 0.1) is 0 Å². The molecule has 0 saturated carbocycles. The van der Waals surface area contributed by atoms with E-state index in [4.69, 9.17) is 0 Å². The third-order valence-electron chi connectivity index (χ3n) is 1.90. The topological polar surface area (TPSA) is 0 Å². The Bertz CT molecular complexity index is 234. The fraction of sp³-hybridized carbons (Fsp3) is 0.214. The highest BCUT2D eigenvalue weighted by atomic mass is 13.9. The van der Waals surface area contributed by atoms with Gasteiger partial charge in [0.15, 0.2) is 0 Å². The van der Waals surface area contributed by atoms with Crippen LogP contribution < -0.4 is 0 Å². The van der Waals surface area contributed by atoms with Crippen molar-refractivity contribution in [1.82, 2.24) is 0 Å². The van der Waals surface area contributed by atoms with Crippen molar-refractivity contribution < 1.29 is 0 Å². The molecule has 14 heavy (non-hydrogen) atoms. The van der Waals surface area contributed by atoms with E-state index in [0.29, 0.717) is 0 Å². The van der Waals surface area contributed by atoms with E-state index in [-0.39, 0.29) is 0 Å². The standard InChI is InChI=1S/C14H17/c1-2-4-6-8-10-12-14-13-11-9-7-5-3-1/h1-11H,12-14H2/b2-1+,5-3-,6-4+,9-7+,10-8-. The molecule has 0 heteroatoms. The van der Waals surface area contributed by atoms with Gasteiger partial charge in [-0.2, -0.15) is 0 Å². The molecule has 0 amide bonds. The van der Waals surface area contributed by atoms with Gasteiger partial charge in [-0.15, -0.1) is 0 Å². The molecule has 0 saturated heterocycles. The van der Waals surface area contributed by atoms with Crippen molar-refractivity contribution in [3.05, 3.63) is 67.2 Å². The van der Waals surface area contributed by atoms with E-state index in [9.17, 15) is 0 Å². The van der Waals surface area contributed by atoms with Crippen molar-refractivity contribution in [1.29, 1.82) is 0 Å². The quantitative estimate of drug-likeness (QED) is 0.531. The maximum Gasteiger partial charge on any atom is -0.0167 e. The van der Waals surface area contributed by atoms with Crippen molar-refractivity contribution >= 4 is 0 Å². The van der Waals surface area contributed by atoms with Crippen LogP contribution in [-0.4, -0.2) is 0 Å². The maximum atomic E-state index is 2.21. The van der Waals surface area contributed by atoms with E-state index in [1.165, 1.54) is 6.42 Å². The molecular formula is C14H17. The molecule has 0 atom stereocenters. The summed E-state index contributed by atoms with van der Waals surface area (Å²) in [4.78, 5) is 0. The number of allylic oxidation sites excluding steroid dienone is 10. The van der Waals surface area contributed by atoms with Crippen LogP contribution in [0.3, 0.4) is 0 Å². The predicted octanol–water partition coefficient (Wildman–Crippen LogP) is 4.16. The summed E-state index contributed by atoms with van der Waals surface area (Å²) in [5.41, 5.74) is 0. The lowest BCUT2D eigenvalue weighted by atomic mass is 10.1. The van der Waals surface area contributed by atoms with Gasteiger partial charge in [-0.05, 0) is 25.7 Å². The molecule has 0 unspecified atom stereocenters. The average Bonchev–Trinajstić information content (AvgIpc) is 2.22. The lowest BCUT2D eigenvalue weighted by molar-refractivity contribution is 0.843. The zero-order valence-electron chi connectivity index (χ0n) is 8.47. The normalized spacial score (nSPS) is 29.7. The highest BCUT2D eigenvalue weighted by Gasteiger charge is 1.82. The molecule has 0 aromatic rings. The van der Waals surface area contributed by atoms with Crippen LogP contribution in [0.2, 0.25) is 0 Å². The van der Waals surface area contributed by atoms with Gasteiger partial charge in [-0.1, -0.05) is 60.8 Å². The minimum absolute atomic E-state index is 1.16. The molecule has 0 aliphatic heterocycles. The van der Waals surface area contributed by atoms with Crippen LogP contribution in [0, 0.1) is 6.42 Å². The third kappa shape index (κ3) is 6.24. The first-order chi connectivity index (χ1) is 7.00. The highest BCUT2D eigenvalue weighted by Crippen LogP contribution is 2.01. The van der Waals surface area contributed by atoms with Crippen LogP contribution in [0.1, 0.15) is 19.3 Å². The van der Waals surface area contributed by atoms with Crippen molar-refractivity contribution in [2.75, 3.05) is 0 Å². The van der Waals surface area contributed by atoms with E-state index >= 15 is 0 Å². The second-order valence-corrected chi connectivity index (χ2v) is 3.13. The first kappa shape index (κ1) is 10.8. The Balaban J connectivity index is 2.46. The zero-order chi connectivity index (χ0) is 9.90. The summed E-state index contributed by atoms with van der Waals surface area (Å²) in [7, 11) is 0. The highest BCUT2D eigenvalue weighted by molar-refractivity contribution is 5.18. The fourth-order valence-electron chi connectivity index (χ4n) is 1.15. The average molecular weight is 185 g/mol. The van der Waals surface area contributed by atoms with Crippen molar-refractivity contribution in [2.45, 2.75) is 19.3 Å². The van der Waals surface area contributed by atoms with Crippen LogP contribution in [-0.2, 0) is 0 Å². The minimum Gasteiger partial charge on any atom is -0.0845 e. The van der Waals surface area contributed by atoms with Gasteiger partial charge in [-0.25, -0.2) is 0 Å². The first-order valence-corrected chi connectivity index (χ1v) is 5.15. The predicted molar refractivity (Wildman–Crippen MR) is 63.9 cm³/mol. The summed E-state index contributed by atoms with van der Waals surface area (Å²) >= 11 is 0. The van der Waals surface area contributed by atoms with Crippen LogP contribution in [0.5, 0.6) is 0 Å². The van der Waals surface area contributed by atoms with Crippen molar-refractivity contribution in [3.8, 4) is 0 Å². The summed E-state index contributed by atoms with van der Waals surface area (Å²) in [6.45, 7) is 0. The van der Waals surface area contributed by atoms with Gasteiger partial charge in [0.25, 0.3) is 0 Å². The van der Waals surface area contributed by atoms with Gasteiger partial charge in [0.1, 0.15) is 0 Å². The molecule has 0 aromatic carbocycles. The van der Waals surface area contributed by atoms with E-state index in [1.807, 2.05) is 30.4 Å². The molecule has 1 rings (SSSR count). The Kier molecular flexibility index (Phi) is 6.39. The number of hydrogen-bond acceptors (Lipinski definition) is 0. The van der Waals surface area contributed by atoms with Crippen LogP contribution in [0.25, 0.3) is 0 Å². The maximum absolute atomic E-state index is 2.21. The molecule has 73 valence electrons. The lowest BCUT2D eigenvalue weighted by Gasteiger charge is -1.91. The van der Waals surface area contributed by atoms with Gasteiger partial charge >= 0.3 is 0 Å². The molecule has 0 nitrogen and oxygen atoms in total. The zero-order valence-corrected chi connectivity index (χ0v) is 8.47. The Morgan fingerprint density at radius 3 is 1.79 bits per heavy atom. The van der Waals surface area contributed by atoms with E-state index in [0.717, 1.165) is 12.8 Å². The van der Waals surface area contributed by atoms with Crippen molar-refractivity contribution in [2.24, 2.45) is 0 Å². The van der Waals surface area contributed by atoms with Crippen LogP contribution in [0.15, 0.2) is 60.8 Å². The van der Waals surface area contributed by atoms with E-state index in [1.54, 1.807) is 0 Å². The minimum atomic E-state index is 1.16. The fourth-order valence-corrected chi connectivity index (χ4v) is 1.15. The Morgan fingerprint density at radius 1 is 0.500 bits per heavy atom. The largest absolute Gasteiger partial charge is 0.0845 e. The molecule has 0 aromatic heterocycles. The molecule has 0 fully saturated rings. The second-order valence-electron chi connectivity index (χ2n) is 3.13. The van der Waals surface area contributed by atoms with Gasteiger partial charge in [-0.3, -0.25) is 0 Å². The second kappa shape index (κ2) is 8.31. The lowest BCUT2D eigenvalue weighted by Crippen LogP contribution is -1.73. The number of hydrogen-bond donors (Lipinski definition) is 0. The SMILES string of the molecule is [CH]1/C=C/C=C\C=C\C=C\C=C/CCC1. The van der Waals surface area contributed by atoms with Crippen LogP contribution >= 0.6 is 0 Å². The molecule has 1 aliphatic carbocycles. The Labute approximate surface area is 87.0 Å². The molecule has 0 spiro atoms. The summed E-state index contributed by atoms with van der Waals surface area (Å²) < 4.78 is 0. The smallest absolute Gasteiger partial charge is 0.0167 e. The van der Waals surface area contributed by atoms with Gasteiger partial charge in [0.2, 0.25) is 0 Å². The molecule has 0 N–H and O–H groups in total. The van der Waals surface area contributed by atoms with E-state index in [2.05, 4.69) is 36.8 Å². The van der Waals surface area contributed by atoms with Gasteiger partial charge in [0, 0.05) is 0 Å². The number of rotatable bonds is 0. The monoisotopic (exact) mass is 185 g/mol. The summed E-state index contributed by atoms with van der Waals surface area (Å²) in [5, 5.41) is 0. The Morgan fingerprint density at radius 2 is 1.07 bits per heavy atom. The summed E-state index contributed by atoms with van der Waals surface area (Å²) in [5.74, 6) is 0. The summed E-state index contributed by atoms with van der Waals surface area (Å²) in [6, 6.07) is 0. The molecule has 1 radical (unpaired) electrons. The third-order valence-corrected chi connectivity index (χ3v) is 1.90. The van der Waals surface area contributed by atoms with Crippen LogP contribution in [0.4, 0.5) is 0 Å². The molecule has 1 aliphatic rings. The molecule has 0 bridgehead atoms. The van der Waals surface area contributed by atoms with Gasteiger partial charge < -0.3 is 0 Å². The molecular weight excluding hydrogens is 168 g/mol. The van der Waals surface area contributed by atoms with Crippen molar-refractivity contribution in [3.63, 3.8) is 0 Å².